The van der Waals surface area contributed by atoms with Crippen molar-refractivity contribution in [3.05, 3.63) is 18.0 Å². The summed E-state index contributed by atoms with van der Waals surface area (Å²) < 4.78 is 7.56. The second-order valence-corrected chi connectivity index (χ2v) is 6.67. The molecule has 1 saturated heterocycles. The average molecular weight is 279 g/mol. The fourth-order valence-corrected chi connectivity index (χ4v) is 2.87. The molecule has 2 atom stereocenters. The molecule has 0 aromatic carbocycles. The molecular weight excluding hydrogens is 254 g/mol. The van der Waals surface area contributed by atoms with Gasteiger partial charge in [-0.15, -0.1) is 0 Å². The van der Waals surface area contributed by atoms with E-state index < -0.39 is 0 Å². The van der Waals surface area contributed by atoms with Crippen molar-refractivity contribution in [2.75, 3.05) is 13.2 Å². The van der Waals surface area contributed by atoms with Crippen LogP contribution in [0.25, 0.3) is 0 Å². The van der Waals surface area contributed by atoms with Crippen molar-refractivity contribution < 1.29 is 9.53 Å². The SMILES string of the molecule is Cn1cc(C(=O)NC[C@@H]2CCCO[C@@H]2C(C)(C)C)cn1. The average Bonchev–Trinajstić information content (AvgIpc) is 2.82. The van der Waals surface area contributed by atoms with E-state index in [2.05, 4.69) is 31.2 Å². The summed E-state index contributed by atoms with van der Waals surface area (Å²) in [5.41, 5.74) is 0.709. The van der Waals surface area contributed by atoms with E-state index >= 15 is 0 Å². The van der Waals surface area contributed by atoms with E-state index in [0.717, 1.165) is 19.4 Å². The zero-order chi connectivity index (χ0) is 14.8. The number of hydrogen-bond donors (Lipinski definition) is 1. The molecule has 112 valence electrons. The molecule has 1 aromatic heterocycles. The van der Waals surface area contributed by atoms with E-state index in [1.54, 1.807) is 24.1 Å². The molecule has 0 saturated carbocycles. The zero-order valence-electron chi connectivity index (χ0n) is 12.8. The van der Waals surface area contributed by atoms with Crippen LogP contribution in [0, 0.1) is 11.3 Å². The van der Waals surface area contributed by atoms with Gasteiger partial charge in [-0.3, -0.25) is 9.48 Å². The lowest BCUT2D eigenvalue weighted by atomic mass is 9.78. The third kappa shape index (κ3) is 3.60. The highest BCUT2D eigenvalue weighted by molar-refractivity contribution is 5.93. The summed E-state index contributed by atoms with van der Waals surface area (Å²) in [7, 11) is 1.81. The van der Waals surface area contributed by atoms with Gasteiger partial charge in [-0.2, -0.15) is 5.10 Å². The molecule has 1 aliphatic rings. The van der Waals surface area contributed by atoms with Crippen molar-refractivity contribution >= 4 is 5.91 Å². The maximum atomic E-state index is 12.1. The monoisotopic (exact) mass is 279 g/mol. The van der Waals surface area contributed by atoms with Crippen LogP contribution in [-0.2, 0) is 11.8 Å². The van der Waals surface area contributed by atoms with Gasteiger partial charge in [0.25, 0.3) is 5.91 Å². The Morgan fingerprint density at radius 3 is 2.90 bits per heavy atom. The summed E-state index contributed by atoms with van der Waals surface area (Å²) in [5.74, 6) is 0.320. The van der Waals surface area contributed by atoms with E-state index in [1.807, 2.05) is 0 Å². The molecule has 1 N–H and O–H groups in total. The number of carbonyl (C=O) groups is 1. The van der Waals surface area contributed by atoms with Crippen LogP contribution in [0.2, 0.25) is 0 Å². The summed E-state index contributed by atoms with van der Waals surface area (Å²) in [6, 6.07) is 0. The van der Waals surface area contributed by atoms with Crippen LogP contribution in [0.4, 0.5) is 0 Å². The summed E-state index contributed by atoms with van der Waals surface area (Å²) >= 11 is 0. The van der Waals surface area contributed by atoms with Crippen LogP contribution in [0.5, 0.6) is 0 Å². The number of carbonyl (C=O) groups excluding carboxylic acids is 1. The van der Waals surface area contributed by atoms with Crippen molar-refractivity contribution in [2.24, 2.45) is 18.4 Å². The molecular formula is C15H25N3O2. The van der Waals surface area contributed by atoms with Crippen LogP contribution in [0.3, 0.4) is 0 Å². The number of aromatic nitrogens is 2. The first-order valence-electron chi connectivity index (χ1n) is 7.26. The van der Waals surface area contributed by atoms with Gasteiger partial charge >= 0.3 is 0 Å². The van der Waals surface area contributed by atoms with Gasteiger partial charge in [0.15, 0.2) is 0 Å². The summed E-state index contributed by atoms with van der Waals surface area (Å²) in [4.78, 5) is 12.1. The number of nitrogens with one attached hydrogen (secondary N) is 1. The van der Waals surface area contributed by atoms with Gasteiger partial charge in [-0.25, -0.2) is 0 Å². The van der Waals surface area contributed by atoms with Gasteiger partial charge in [-0.1, -0.05) is 20.8 Å². The second-order valence-electron chi connectivity index (χ2n) is 6.67. The minimum Gasteiger partial charge on any atom is -0.377 e. The highest BCUT2D eigenvalue weighted by atomic mass is 16.5. The van der Waals surface area contributed by atoms with Crippen molar-refractivity contribution in [1.29, 1.82) is 0 Å². The molecule has 1 amide bonds. The zero-order valence-corrected chi connectivity index (χ0v) is 12.8. The predicted octanol–water partition coefficient (Wildman–Crippen LogP) is 1.99. The molecule has 0 aliphatic carbocycles. The maximum absolute atomic E-state index is 12.1. The third-order valence-corrected chi connectivity index (χ3v) is 3.79. The third-order valence-electron chi connectivity index (χ3n) is 3.79. The molecule has 0 spiro atoms. The lowest BCUT2D eigenvalue weighted by molar-refractivity contribution is -0.0839. The van der Waals surface area contributed by atoms with Gasteiger partial charge in [0.05, 0.1) is 17.9 Å². The molecule has 2 rings (SSSR count). The molecule has 0 unspecified atom stereocenters. The molecule has 0 bridgehead atoms. The lowest BCUT2D eigenvalue weighted by Crippen LogP contribution is -2.45. The molecule has 1 aliphatic heterocycles. The minimum atomic E-state index is -0.0590. The number of amides is 1. The van der Waals surface area contributed by atoms with E-state index in [1.165, 1.54) is 0 Å². The van der Waals surface area contributed by atoms with Gasteiger partial charge < -0.3 is 10.1 Å². The number of rotatable bonds is 3. The summed E-state index contributed by atoms with van der Waals surface area (Å²) in [6.45, 7) is 8.07. The molecule has 5 nitrogen and oxygen atoms in total. The first-order chi connectivity index (χ1) is 9.38. The molecule has 1 aromatic rings. The van der Waals surface area contributed by atoms with Crippen LogP contribution in [-0.4, -0.2) is 34.9 Å². The Kier molecular flexibility index (Phi) is 4.48. The van der Waals surface area contributed by atoms with E-state index in [0.29, 0.717) is 18.0 Å². The molecule has 20 heavy (non-hydrogen) atoms. The minimum absolute atomic E-state index is 0.0590. The Morgan fingerprint density at radius 2 is 2.30 bits per heavy atom. The first kappa shape index (κ1) is 15.0. The fourth-order valence-electron chi connectivity index (χ4n) is 2.87. The second kappa shape index (κ2) is 5.95. The Balaban J connectivity index is 1.93. The van der Waals surface area contributed by atoms with Gasteiger partial charge in [0, 0.05) is 32.3 Å². The van der Waals surface area contributed by atoms with Crippen molar-refractivity contribution in [2.45, 2.75) is 39.7 Å². The number of hydrogen-bond acceptors (Lipinski definition) is 3. The highest BCUT2D eigenvalue weighted by Gasteiger charge is 2.35. The van der Waals surface area contributed by atoms with Gasteiger partial charge in [-0.05, 0) is 18.3 Å². The quantitative estimate of drug-likeness (QED) is 0.920. The van der Waals surface area contributed by atoms with Crippen LogP contribution < -0.4 is 5.32 Å². The van der Waals surface area contributed by atoms with Crippen molar-refractivity contribution in [3.63, 3.8) is 0 Å². The largest absolute Gasteiger partial charge is 0.377 e. The van der Waals surface area contributed by atoms with Crippen LogP contribution in [0.15, 0.2) is 12.4 Å². The Morgan fingerprint density at radius 1 is 1.55 bits per heavy atom. The fraction of sp³-hybridized carbons (Fsp3) is 0.733. The molecule has 1 fully saturated rings. The van der Waals surface area contributed by atoms with Gasteiger partial charge in [0.1, 0.15) is 0 Å². The molecule has 0 radical (unpaired) electrons. The first-order valence-corrected chi connectivity index (χ1v) is 7.26. The number of nitrogens with zero attached hydrogens (tertiary/aromatic N) is 2. The number of aryl methyl sites for hydroxylation is 1. The Bertz CT molecular complexity index is 462. The van der Waals surface area contributed by atoms with E-state index in [-0.39, 0.29) is 17.4 Å². The van der Waals surface area contributed by atoms with E-state index in [9.17, 15) is 4.79 Å². The Labute approximate surface area is 120 Å². The van der Waals surface area contributed by atoms with Crippen LogP contribution >= 0.6 is 0 Å². The summed E-state index contributed by atoms with van der Waals surface area (Å²) in [6.07, 6.45) is 5.70. The highest BCUT2D eigenvalue weighted by Crippen LogP contribution is 2.33. The Hall–Kier alpha value is -1.36. The topological polar surface area (TPSA) is 56.2 Å². The maximum Gasteiger partial charge on any atom is 0.254 e. The van der Waals surface area contributed by atoms with Crippen LogP contribution in [0.1, 0.15) is 44.0 Å². The summed E-state index contributed by atoms with van der Waals surface area (Å²) in [5, 5.41) is 7.03. The molecule has 5 heteroatoms. The standard InChI is InChI=1S/C15H25N3O2/c1-15(2,3)13-11(6-5-7-20-13)8-16-14(19)12-9-17-18(4)10-12/h9-11,13H,5-8H2,1-4H3,(H,16,19)/t11-,13-/m0/s1. The molecule has 2 heterocycles. The smallest absolute Gasteiger partial charge is 0.254 e. The number of ether oxygens (including phenoxy) is 1. The lowest BCUT2D eigenvalue weighted by Gasteiger charge is -2.40. The van der Waals surface area contributed by atoms with Crippen molar-refractivity contribution in [1.82, 2.24) is 15.1 Å². The predicted molar refractivity (Wildman–Crippen MR) is 77.5 cm³/mol. The van der Waals surface area contributed by atoms with Gasteiger partial charge in [0.2, 0.25) is 0 Å². The van der Waals surface area contributed by atoms with E-state index in [4.69, 9.17) is 4.74 Å². The van der Waals surface area contributed by atoms with Crippen molar-refractivity contribution in [3.8, 4) is 0 Å². The normalized spacial score (nSPS) is 23.6.